The van der Waals surface area contributed by atoms with E-state index in [1.165, 1.54) is 0 Å². The summed E-state index contributed by atoms with van der Waals surface area (Å²) in [6, 6.07) is 7.95. The number of aromatic nitrogens is 2. The highest BCUT2D eigenvalue weighted by Crippen LogP contribution is 2.52. The van der Waals surface area contributed by atoms with Crippen LogP contribution >= 0.6 is 0 Å². The van der Waals surface area contributed by atoms with E-state index in [1.54, 1.807) is 31.2 Å². The van der Waals surface area contributed by atoms with Crippen LogP contribution in [0.5, 0.6) is 0 Å². The van der Waals surface area contributed by atoms with E-state index in [0.29, 0.717) is 11.4 Å². The molecule has 140 valence electrons. The van der Waals surface area contributed by atoms with Gasteiger partial charge in [-0.3, -0.25) is 0 Å². The maximum absolute atomic E-state index is 13.9. The van der Waals surface area contributed by atoms with Crippen LogP contribution in [0.1, 0.15) is 74.9 Å². The number of rotatable bonds is 5. The van der Waals surface area contributed by atoms with Crippen LogP contribution in [0.15, 0.2) is 30.3 Å². The van der Waals surface area contributed by atoms with Gasteiger partial charge in [0.05, 0.1) is 17.3 Å². The summed E-state index contributed by atoms with van der Waals surface area (Å²) in [5.41, 5.74) is 0.629. The molecule has 1 aliphatic carbocycles. The van der Waals surface area contributed by atoms with Crippen molar-refractivity contribution in [2.24, 2.45) is 0 Å². The summed E-state index contributed by atoms with van der Waals surface area (Å²) in [6.07, 6.45) is -2.80. The summed E-state index contributed by atoms with van der Waals surface area (Å²) < 4.78 is 41.6. The molecular weight excluding hydrogens is 339 g/mol. The molecule has 0 bridgehead atoms. The minimum absolute atomic E-state index is 0.248. The van der Waals surface area contributed by atoms with Gasteiger partial charge in [-0.25, -0.2) is 0 Å². The molecular formula is C20H24F3N3. The Hall–Kier alpha value is -2.11. The molecule has 0 saturated heterocycles. The molecule has 26 heavy (non-hydrogen) atoms. The third kappa shape index (κ3) is 3.69. The largest absolute Gasteiger partial charge is 0.417 e. The zero-order chi connectivity index (χ0) is 19.1. The molecule has 0 aliphatic heterocycles. The standard InChI is InChI=1S/C20H24F3N3/c1-12(2)16-8-9-17(26-25-16)24-13(3)14-6-5-7-15(19(4)10-11-19)18(14)20(21,22)23/h5-9,12-13H,10-11H2,1-4H3,(H,24,26)/t13-/m0/s1. The van der Waals surface area contributed by atoms with Crippen LogP contribution in [-0.2, 0) is 11.6 Å². The van der Waals surface area contributed by atoms with Gasteiger partial charge >= 0.3 is 6.18 Å². The van der Waals surface area contributed by atoms with Crippen molar-refractivity contribution in [3.8, 4) is 0 Å². The van der Waals surface area contributed by atoms with Crippen molar-refractivity contribution < 1.29 is 13.2 Å². The van der Waals surface area contributed by atoms with Crippen LogP contribution in [0.3, 0.4) is 0 Å². The van der Waals surface area contributed by atoms with Gasteiger partial charge in [-0.15, -0.1) is 5.10 Å². The van der Waals surface area contributed by atoms with E-state index in [2.05, 4.69) is 15.5 Å². The Morgan fingerprint density at radius 2 is 1.73 bits per heavy atom. The van der Waals surface area contributed by atoms with Crippen molar-refractivity contribution in [3.63, 3.8) is 0 Å². The minimum atomic E-state index is -4.39. The Kier molecular flexibility index (Phi) is 4.71. The van der Waals surface area contributed by atoms with Gasteiger partial charge < -0.3 is 5.32 Å². The van der Waals surface area contributed by atoms with Gasteiger partial charge in [0.2, 0.25) is 0 Å². The fourth-order valence-electron chi connectivity index (χ4n) is 3.23. The molecule has 1 heterocycles. The van der Waals surface area contributed by atoms with Gasteiger partial charge in [0.15, 0.2) is 0 Å². The van der Waals surface area contributed by atoms with Crippen molar-refractivity contribution in [3.05, 3.63) is 52.7 Å². The van der Waals surface area contributed by atoms with Gasteiger partial charge in [0, 0.05) is 0 Å². The predicted octanol–water partition coefficient (Wildman–Crippen LogP) is 5.84. The van der Waals surface area contributed by atoms with Gasteiger partial charge in [-0.1, -0.05) is 39.0 Å². The number of benzene rings is 1. The molecule has 3 nitrogen and oxygen atoms in total. The van der Waals surface area contributed by atoms with Crippen molar-refractivity contribution in [1.29, 1.82) is 0 Å². The van der Waals surface area contributed by atoms with Crippen LogP contribution in [0, 0.1) is 0 Å². The Morgan fingerprint density at radius 1 is 1.04 bits per heavy atom. The Morgan fingerprint density at radius 3 is 2.23 bits per heavy atom. The molecule has 3 rings (SSSR count). The molecule has 1 fully saturated rings. The first-order valence-corrected chi connectivity index (χ1v) is 8.92. The smallest absolute Gasteiger partial charge is 0.362 e. The van der Waals surface area contributed by atoms with Gasteiger partial charge in [0.25, 0.3) is 0 Å². The topological polar surface area (TPSA) is 37.8 Å². The van der Waals surface area contributed by atoms with Crippen LogP contribution in [0.2, 0.25) is 0 Å². The first-order valence-electron chi connectivity index (χ1n) is 8.92. The van der Waals surface area contributed by atoms with E-state index in [4.69, 9.17) is 0 Å². The highest BCUT2D eigenvalue weighted by molar-refractivity contribution is 5.48. The number of nitrogens with one attached hydrogen (secondary N) is 1. The molecule has 1 saturated carbocycles. The molecule has 1 aliphatic rings. The van der Waals surface area contributed by atoms with Crippen LogP contribution in [-0.4, -0.2) is 10.2 Å². The van der Waals surface area contributed by atoms with E-state index in [9.17, 15) is 13.2 Å². The Labute approximate surface area is 152 Å². The fourth-order valence-corrected chi connectivity index (χ4v) is 3.23. The normalized spacial score (nSPS) is 17.2. The van der Waals surface area contributed by atoms with Crippen LogP contribution < -0.4 is 5.32 Å². The first kappa shape index (κ1) is 18.7. The second-order valence-electron chi connectivity index (χ2n) is 7.69. The summed E-state index contributed by atoms with van der Waals surface area (Å²) in [5.74, 6) is 0.722. The number of anilines is 1. The highest BCUT2D eigenvalue weighted by atomic mass is 19.4. The zero-order valence-corrected chi connectivity index (χ0v) is 15.5. The predicted molar refractivity (Wildman–Crippen MR) is 96.2 cm³/mol. The summed E-state index contributed by atoms with van der Waals surface area (Å²) >= 11 is 0. The van der Waals surface area contributed by atoms with Crippen molar-refractivity contribution in [1.82, 2.24) is 10.2 Å². The quantitative estimate of drug-likeness (QED) is 0.725. The highest BCUT2D eigenvalue weighted by Gasteiger charge is 2.47. The second kappa shape index (κ2) is 6.56. The maximum Gasteiger partial charge on any atom is 0.417 e. The third-order valence-electron chi connectivity index (χ3n) is 5.14. The number of halogens is 3. The van der Waals surface area contributed by atoms with Crippen molar-refractivity contribution >= 4 is 5.82 Å². The molecule has 0 amide bonds. The molecule has 1 aromatic carbocycles. The number of alkyl halides is 3. The van der Waals surface area contributed by atoms with E-state index >= 15 is 0 Å². The van der Waals surface area contributed by atoms with E-state index in [0.717, 1.165) is 18.5 Å². The van der Waals surface area contributed by atoms with Crippen LogP contribution in [0.25, 0.3) is 0 Å². The number of nitrogens with zero attached hydrogens (tertiary/aromatic N) is 2. The second-order valence-corrected chi connectivity index (χ2v) is 7.69. The van der Waals surface area contributed by atoms with E-state index in [-0.39, 0.29) is 16.9 Å². The minimum Gasteiger partial charge on any atom is -0.362 e. The molecule has 1 atom stereocenters. The molecule has 1 N–H and O–H groups in total. The zero-order valence-electron chi connectivity index (χ0n) is 15.5. The van der Waals surface area contributed by atoms with Crippen LogP contribution in [0.4, 0.5) is 19.0 Å². The molecule has 0 unspecified atom stereocenters. The molecule has 6 heteroatoms. The average molecular weight is 363 g/mol. The van der Waals surface area contributed by atoms with E-state index < -0.39 is 17.8 Å². The van der Waals surface area contributed by atoms with Gasteiger partial charge in [0.1, 0.15) is 5.82 Å². The fraction of sp³-hybridized carbons (Fsp3) is 0.500. The number of hydrogen-bond donors (Lipinski definition) is 1. The first-order chi connectivity index (χ1) is 12.1. The monoisotopic (exact) mass is 363 g/mol. The molecule has 0 radical (unpaired) electrons. The summed E-state index contributed by atoms with van der Waals surface area (Å²) in [7, 11) is 0. The van der Waals surface area contributed by atoms with Crippen molar-refractivity contribution in [2.75, 3.05) is 5.32 Å². The third-order valence-corrected chi connectivity index (χ3v) is 5.14. The summed E-state index contributed by atoms with van der Waals surface area (Å²) in [4.78, 5) is 0. The number of hydrogen-bond acceptors (Lipinski definition) is 3. The lowest BCUT2D eigenvalue weighted by Crippen LogP contribution is -2.20. The lowest BCUT2D eigenvalue weighted by atomic mass is 9.87. The lowest BCUT2D eigenvalue weighted by molar-refractivity contribution is -0.139. The van der Waals surface area contributed by atoms with Gasteiger partial charge in [-0.05, 0) is 54.4 Å². The molecule has 1 aromatic heterocycles. The lowest BCUT2D eigenvalue weighted by Gasteiger charge is -2.25. The Bertz CT molecular complexity index is 778. The maximum atomic E-state index is 13.9. The summed E-state index contributed by atoms with van der Waals surface area (Å²) in [6.45, 7) is 7.65. The van der Waals surface area contributed by atoms with E-state index in [1.807, 2.05) is 26.8 Å². The SMILES string of the molecule is CC(C)c1ccc(N[C@@H](C)c2cccc(C3(C)CC3)c2C(F)(F)F)nn1. The van der Waals surface area contributed by atoms with Crippen molar-refractivity contribution in [2.45, 2.75) is 64.1 Å². The Balaban J connectivity index is 1.93. The average Bonchev–Trinajstić information content (AvgIpc) is 3.32. The van der Waals surface area contributed by atoms with Gasteiger partial charge in [-0.2, -0.15) is 18.3 Å². The molecule has 0 spiro atoms. The summed E-state index contributed by atoms with van der Waals surface area (Å²) in [5, 5.41) is 11.3. The molecule has 2 aromatic rings.